The van der Waals surface area contributed by atoms with Gasteiger partial charge in [-0.05, 0) is 36.4 Å². The van der Waals surface area contributed by atoms with Gasteiger partial charge in [-0.3, -0.25) is 4.68 Å². The third-order valence-corrected chi connectivity index (χ3v) is 4.60. The van der Waals surface area contributed by atoms with E-state index in [1.807, 2.05) is 0 Å². The average Bonchev–Trinajstić information content (AvgIpc) is 2.91. The van der Waals surface area contributed by atoms with E-state index in [0.717, 1.165) is 43.4 Å². The Kier molecular flexibility index (Phi) is 5.68. The van der Waals surface area contributed by atoms with Crippen LogP contribution in [0.15, 0.2) is 36.4 Å². The van der Waals surface area contributed by atoms with Crippen molar-refractivity contribution in [3.63, 3.8) is 0 Å². The van der Waals surface area contributed by atoms with Crippen molar-refractivity contribution in [1.29, 1.82) is 0 Å². The second-order valence-corrected chi connectivity index (χ2v) is 6.80. The number of ether oxygens (including phenoxy) is 1. The first-order valence-electron chi connectivity index (χ1n) is 7.93. The predicted molar refractivity (Wildman–Crippen MR) is 95.1 cm³/mol. The lowest BCUT2D eigenvalue weighted by Gasteiger charge is -2.12. The quantitative estimate of drug-likeness (QED) is 0.372. The summed E-state index contributed by atoms with van der Waals surface area (Å²) in [6, 6.07) is 5.28. The van der Waals surface area contributed by atoms with Crippen molar-refractivity contribution in [3.8, 4) is 22.8 Å². The third kappa shape index (κ3) is 4.34. The molecule has 30 heavy (non-hydrogen) atoms. The van der Waals surface area contributed by atoms with Crippen molar-refractivity contribution >= 4 is 23.2 Å². The highest BCUT2D eigenvalue weighted by atomic mass is 35.5. The number of aryl methyl sites for hydroxylation is 1. The smallest absolute Gasteiger partial charge is 0.434 e. The maximum atomic E-state index is 14.4. The SMILES string of the molecule is Cn1nc(-c2cc(Oc3ccc(C(F)(F)F)cc3)c(Cl)cc2F)c(Cl)c1C(F)(F)F. The Morgan fingerprint density at radius 2 is 1.53 bits per heavy atom. The van der Waals surface area contributed by atoms with Gasteiger partial charge in [0.1, 0.15) is 23.0 Å². The number of hydrogen-bond donors (Lipinski definition) is 0. The Morgan fingerprint density at radius 3 is 2.03 bits per heavy atom. The molecule has 0 bridgehead atoms. The van der Waals surface area contributed by atoms with Gasteiger partial charge >= 0.3 is 12.4 Å². The lowest BCUT2D eigenvalue weighted by atomic mass is 10.1. The van der Waals surface area contributed by atoms with E-state index in [0.29, 0.717) is 4.68 Å². The fourth-order valence-corrected chi connectivity index (χ4v) is 3.16. The summed E-state index contributed by atoms with van der Waals surface area (Å²) in [5, 5.41) is 2.53. The highest BCUT2D eigenvalue weighted by Crippen LogP contribution is 2.42. The second kappa shape index (κ2) is 7.66. The van der Waals surface area contributed by atoms with Gasteiger partial charge in [0.05, 0.1) is 15.6 Å². The van der Waals surface area contributed by atoms with E-state index >= 15 is 0 Å². The maximum absolute atomic E-state index is 14.4. The van der Waals surface area contributed by atoms with Crippen LogP contribution in [-0.4, -0.2) is 9.78 Å². The molecular weight excluding hydrogens is 464 g/mol. The van der Waals surface area contributed by atoms with Crippen LogP contribution in [0.2, 0.25) is 10.0 Å². The van der Waals surface area contributed by atoms with Crippen LogP contribution in [0.25, 0.3) is 11.3 Å². The molecule has 0 spiro atoms. The molecule has 0 unspecified atom stereocenters. The van der Waals surface area contributed by atoms with Crippen molar-refractivity contribution in [1.82, 2.24) is 9.78 Å². The molecule has 0 radical (unpaired) electrons. The molecule has 3 aromatic rings. The number of halogens is 9. The Labute approximate surface area is 174 Å². The Balaban J connectivity index is 2.02. The molecule has 0 saturated heterocycles. The van der Waals surface area contributed by atoms with Gasteiger partial charge < -0.3 is 4.74 Å². The van der Waals surface area contributed by atoms with Gasteiger partial charge in [0.25, 0.3) is 0 Å². The monoisotopic (exact) mass is 472 g/mol. The fraction of sp³-hybridized carbons (Fsp3) is 0.167. The zero-order chi connectivity index (χ0) is 22.4. The number of aromatic nitrogens is 2. The molecule has 0 aliphatic rings. The van der Waals surface area contributed by atoms with Gasteiger partial charge in [0, 0.05) is 12.6 Å². The highest BCUT2D eigenvalue weighted by molar-refractivity contribution is 6.34. The molecule has 3 nitrogen and oxygen atoms in total. The van der Waals surface area contributed by atoms with E-state index in [9.17, 15) is 30.7 Å². The summed E-state index contributed by atoms with van der Waals surface area (Å²) in [5.41, 5.74) is -3.13. The standard InChI is InChI=1S/C18H9Cl2F7N2O/c1-29-16(18(25,26)27)14(20)15(28-29)10-6-13(11(19)7-12(10)21)30-9-4-2-8(3-5-9)17(22,23)24/h2-7H,1H3. The van der Waals surface area contributed by atoms with Crippen molar-refractivity contribution in [3.05, 3.63) is 63.5 Å². The molecule has 1 aromatic heterocycles. The highest BCUT2D eigenvalue weighted by Gasteiger charge is 2.39. The number of hydrogen-bond acceptors (Lipinski definition) is 2. The molecule has 1 heterocycles. The van der Waals surface area contributed by atoms with E-state index in [1.165, 1.54) is 0 Å². The number of nitrogens with zero attached hydrogens (tertiary/aromatic N) is 2. The van der Waals surface area contributed by atoms with Crippen LogP contribution in [0.1, 0.15) is 11.3 Å². The zero-order valence-corrected chi connectivity index (χ0v) is 16.2. The minimum atomic E-state index is -4.83. The molecular formula is C18H9Cl2F7N2O. The van der Waals surface area contributed by atoms with E-state index in [2.05, 4.69) is 5.10 Å². The van der Waals surface area contributed by atoms with Crippen LogP contribution in [0.4, 0.5) is 30.7 Å². The molecule has 2 aromatic carbocycles. The predicted octanol–water partition coefficient (Wildman–Crippen LogP) is 7.36. The van der Waals surface area contributed by atoms with Gasteiger partial charge in [-0.1, -0.05) is 23.2 Å². The zero-order valence-electron chi connectivity index (χ0n) is 14.7. The van der Waals surface area contributed by atoms with E-state index in [-0.39, 0.29) is 16.5 Å². The molecule has 0 N–H and O–H groups in total. The Bertz CT molecular complexity index is 1090. The van der Waals surface area contributed by atoms with Crippen LogP contribution in [-0.2, 0) is 19.4 Å². The molecule has 0 fully saturated rings. The summed E-state index contributed by atoms with van der Waals surface area (Å²) in [6.07, 6.45) is -9.38. The molecule has 0 aliphatic heterocycles. The molecule has 160 valence electrons. The Morgan fingerprint density at radius 1 is 0.933 bits per heavy atom. The molecule has 3 rings (SSSR count). The van der Waals surface area contributed by atoms with Gasteiger partial charge in [-0.2, -0.15) is 31.4 Å². The first-order valence-corrected chi connectivity index (χ1v) is 8.69. The van der Waals surface area contributed by atoms with Crippen LogP contribution in [0.5, 0.6) is 11.5 Å². The topological polar surface area (TPSA) is 27.1 Å². The van der Waals surface area contributed by atoms with Crippen molar-refractivity contribution in [2.24, 2.45) is 7.05 Å². The van der Waals surface area contributed by atoms with Gasteiger partial charge in [-0.15, -0.1) is 0 Å². The van der Waals surface area contributed by atoms with Crippen LogP contribution in [0, 0.1) is 5.82 Å². The summed E-state index contributed by atoms with van der Waals surface area (Å²) in [4.78, 5) is 0. The van der Waals surface area contributed by atoms with Crippen LogP contribution >= 0.6 is 23.2 Å². The minimum Gasteiger partial charge on any atom is -0.456 e. The van der Waals surface area contributed by atoms with Crippen LogP contribution in [0.3, 0.4) is 0 Å². The number of rotatable bonds is 3. The first-order chi connectivity index (χ1) is 13.8. The van der Waals surface area contributed by atoms with Crippen molar-refractivity contribution in [2.45, 2.75) is 12.4 Å². The lowest BCUT2D eigenvalue weighted by Crippen LogP contribution is -2.12. The number of alkyl halides is 6. The summed E-state index contributed by atoms with van der Waals surface area (Å²) >= 11 is 11.7. The summed E-state index contributed by atoms with van der Waals surface area (Å²) < 4.78 is 97.5. The lowest BCUT2D eigenvalue weighted by molar-refractivity contribution is -0.143. The first kappa shape index (κ1) is 22.2. The number of benzene rings is 2. The van der Waals surface area contributed by atoms with Crippen molar-refractivity contribution in [2.75, 3.05) is 0 Å². The minimum absolute atomic E-state index is 0.0643. The van der Waals surface area contributed by atoms with Gasteiger partial charge in [0.15, 0.2) is 5.69 Å². The maximum Gasteiger partial charge on any atom is 0.434 e. The second-order valence-electron chi connectivity index (χ2n) is 6.02. The average molecular weight is 473 g/mol. The molecule has 0 saturated carbocycles. The van der Waals surface area contributed by atoms with Gasteiger partial charge in [0.2, 0.25) is 0 Å². The largest absolute Gasteiger partial charge is 0.456 e. The van der Waals surface area contributed by atoms with Gasteiger partial charge in [-0.25, -0.2) is 4.39 Å². The van der Waals surface area contributed by atoms with E-state index in [4.69, 9.17) is 27.9 Å². The van der Waals surface area contributed by atoms with E-state index in [1.54, 1.807) is 0 Å². The fourth-order valence-electron chi connectivity index (χ4n) is 2.61. The third-order valence-electron chi connectivity index (χ3n) is 3.94. The van der Waals surface area contributed by atoms with E-state index < -0.39 is 45.7 Å². The summed E-state index contributed by atoms with van der Waals surface area (Å²) in [7, 11) is 0.992. The van der Waals surface area contributed by atoms with Crippen LogP contribution < -0.4 is 4.74 Å². The van der Waals surface area contributed by atoms with Crippen molar-refractivity contribution < 1.29 is 35.5 Å². The molecule has 12 heteroatoms. The molecule has 0 atom stereocenters. The Hall–Kier alpha value is -2.46. The summed E-state index contributed by atoms with van der Waals surface area (Å²) in [5.74, 6) is -1.30. The summed E-state index contributed by atoms with van der Waals surface area (Å²) in [6.45, 7) is 0. The molecule has 0 aliphatic carbocycles. The molecule has 0 amide bonds. The normalized spacial score (nSPS) is 12.3.